The van der Waals surface area contributed by atoms with Crippen molar-refractivity contribution in [1.29, 1.82) is 0 Å². The number of anilines is 1. The summed E-state index contributed by atoms with van der Waals surface area (Å²) in [6.07, 6.45) is 6.09. The number of nitrogens with zero attached hydrogens (tertiary/aromatic N) is 2. The van der Waals surface area contributed by atoms with Crippen molar-refractivity contribution in [2.24, 2.45) is 0 Å². The van der Waals surface area contributed by atoms with E-state index in [2.05, 4.69) is 5.32 Å². The van der Waals surface area contributed by atoms with E-state index in [1.807, 2.05) is 40.1 Å². The van der Waals surface area contributed by atoms with Crippen LogP contribution in [0.2, 0.25) is 0 Å². The van der Waals surface area contributed by atoms with E-state index in [1.165, 1.54) is 19.3 Å². The summed E-state index contributed by atoms with van der Waals surface area (Å²) >= 11 is 0. The Morgan fingerprint density at radius 1 is 0.970 bits per heavy atom. The summed E-state index contributed by atoms with van der Waals surface area (Å²) < 4.78 is 0. The first kappa shape index (κ1) is 25.9. The number of benzene rings is 1. The third-order valence-electron chi connectivity index (χ3n) is 7.11. The van der Waals surface area contributed by atoms with Gasteiger partial charge in [0.25, 0.3) is 0 Å². The van der Waals surface area contributed by atoms with Crippen molar-refractivity contribution in [2.45, 2.75) is 88.2 Å². The molecule has 1 heterocycles. The molecule has 1 aromatic carbocycles. The lowest BCUT2D eigenvalue weighted by Crippen LogP contribution is -2.62. The SMILES string of the molecule is O=C(Nc1ccccc1)N(CCCCCCN1CC(O)C(O)C(O)C1CO)C1CCCCC1. The van der Waals surface area contributed by atoms with Gasteiger partial charge in [-0.25, -0.2) is 4.79 Å². The highest BCUT2D eigenvalue weighted by atomic mass is 16.4. The molecule has 3 rings (SSSR count). The molecule has 0 bridgehead atoms. The number of aliphatic hydroxyl groups excluding tert-OH is 4. The summed E-state index contributed by atoms with van der Waals surface area (Å²) in [7, 11) is 0. The number of piperidine rings is 1. The van der Waals surface area contributed by atoms with Crippen molar-refractivity contribution in [3.8, 4) is 0 Å². The van der Waals surface area contributed by atoms with Gasteiger partial charge >= 0.3 is 6.03 Å². The van der Waals surface area contributed by atoms with Crippen LogP contribution >= 0.6 is 0 Å². The zero-order valence-corrected chi connectivity index (χ0v) is 19.6. The summed E-state index contributed by atoms with van der Waals surface area (Å²) in [6.45, 7) is 1.37. The Bertz CT molecular complexity index is 701. The molecule has 0 radical (unpaired) electrons. The molecule has 4 unspecified atom stereocenters. The van der Waals surface area contributed by atoms with Crippen molar-refractivity contribution in [3.05, 3.63) is 30.3 Å². The largest absolute Gasteiger partial charge is 0.395 e. The molecule has 33 heavy (non-hydrogen) atoms. The predicted octanol–water partition coefficient (Wildman–Crippen LogP) is 2.17. The van der Waals surface area contributed by atoms with Gasteiger partial charge in [-0.2, -0.15) is 0 Å². The molecule has 8 nitrogen and oxygen atoms in total. The zero-order chi connectivity index (χ0) is 23.6. The molecule has 2 amide bonds. The summed E-state index contributed by atoms with van der Waals surface area (Å²) in [5.41, 5.74) is 0.817. The van der Waals surface area contributed by atoms with Gasteiger partial charge in [-0.05, 0) is 44.4 Å². The van der Waals surface area contributed by atoms with E-state index >= 15 is 0 Å². The second kappa shape index (κ2) is 13.2. The maximum absolute atomic E-state index is 13.0. The Hall–Kier alpha value is -1.71. The molecule has 1 aromatic rings. The highest BCUT2D eigenvalue weighted by Crippen LogP contribution is 2.24. The minimum Gasteiger partial charge on any atom is -0.395 e. The van der Waals surface area contributed by atoms with Gasteiger partial charge in [0.2, 0.25) is 0 Å². The monoisotopic (exact) mass is 463 g/mol. The van der Waals surface area contributed by atoms with Gasteiger partial charge < -0.3 is 30.6 Å². The number of rotatable bonds is 10. The predicted molar refractivity (Wildman–Crippen MR) is 128 cm³/mol. The Morgan fingerprint density at radius 3 is 2.36 bits per heavy atom. The van der Waals surface area contributed by atoms with Crippen molar-refractivity contribution in [3.63, 3.8) is 0 Å². The molecule has 0 aromatic heterocycles. The van der Waals surface area contributed by atoms with E-state index < -0.39 is 24.4 Å². The average Bonchev–Trinajstić information content (AvgIpc) is 2.83. The average molecular weight is 464 g/mol. The van der Waals surface area contributed by atoms with Crippen LogP contribution in [0.1, 0.15) is 57.8 Å². The standard InChI is InChI=1S/C25H41N3O5/c29-18-21-23(31)24(32)22(30)17-27(21)15-9-1-2-10-16-28(20-13-7-4-8-14-20)25(33)26-19-11-5-3-6-12-19/h3,5-6,11-12,20-24,29-32H,1-2,4,7-10,13-18H2,(H,26,33). The van der Waals surface area contributed by atoms with E-state index in [-0.39, 0.29) is 19.2 Å². The first-order valence-corrected chi connectivity index (χ1v) is 12.5. The van der Waals surface area contributed by atoms with E-state index in [9.17, 15) is 25.2 Å². The third kappa shape index (κ3) is 7.39. The van der Waals surface area contributed by atoms with Gasteiger partial charge in [-0.3, -0.25) is 4.90 Å². The van der Waals surface area contributed by atoms with Crippen molar-refractivity contribution in [2.75, 3.05) is 31.6 Å². The Balaban J connectivity index is 1.43. The molecule has 1 aliphatic heterocycles. The summed E-state index contributed by atoms with van der Waals surface area (Å²) in [5, 5.41) is 42.5. The molecule has 1 saturated carbocycles. The van der Waals surface area contributed by atoms with E-state index in [1.54, 1.807) is 0 Å². The summed E-state index contributed by atoms with van der Waals surface area (Å²) in [4.78, 5) is 16.9. The van der Waals surface area contributed by atoms with Crippen LogP contribution in [0, 0.1) is 0 Å². The first-order valence-electron chi connectivity index (χ1n) is 12.5. The van der Waals surface area contributed by atoms with Crippen LogP contribution in [0.4, 0.5) is 10.5 Å². The van der Waals surface area contributed by atoms with E-state index in [0.29, 0.717) is 12.6 Å². The molecule has 5 N–H and O–H groups in total. The smallest absolute Gasteiger partial charge is 0.322 e. The summed E-state index contributed by atoms with van der Waals surface area (Å²) in [6, 6.07) is 9.32. The van der Waals surface area contributed by atoms with Crippen LogP contribution in [0.3, 0.4) is 0 Å². The second-order valence-electron chi connectivity index (χ2n) is 9.49. The molecule has 8 heteroatoms. The van der Waals surface area contributed by atoms with E-state index in [0.717, 1.165) is 50.8 Å². The normalized spacial score (nSPS) is 26.8. The quantitative estimate of drug-likeness (QED) is 0.340. The lowest BCUT2D eigenvalue weighted by atomic mass is 9.93. The number of carbonyl (C=O) groups excluding carboxylic acids is 1. The zero-order valence-electron chi connectivity index (χ0n) is 19.6. The van der Waals surface area contributed by atoms with Gasteiger partial charge in [0.05, 0.1) is 18.8 Å². The Kier molecular flexibility index (Phi) is 10.4. The molecule has 186 valence electrons. The number of unbranched alkanes of at least 4 members (excludes halogenated alkanes) is 3. The van der Waals surface area contributed by atoms with Gasteiger partial charge in [-0.15, -0.1) is 0 Å². The molecule has 4 atom stereocenters. The number of aliphatic hydroxyl groups is 4. The lowest BCUT2D eigenvalue weighted by molar-refractivity contribution is -0.145. The highest BCUT2D eigenvalue weighted by Gasteiger charge is 2.40. The second-order valence-corrected chi connectivity index (χ2v) is 9.49. The fraction of sp³-hybridized carbons (Fsp3) is 0.720. The number of β-amino-alcohol motifs (C(OH)–C–C–N with tert-alkyl or cyclic N) is 1. The number of para-hydroxylation sites is 1. The number of carbonyl (C=O) groups is 1. The van der Waals surface area contributed by atoms with Crippen LogP contribution in [0.25, 0.3) is 0 Å². The Labute approximate surface area is 197 Å². The number of hydrogen-bond donors (Lipinski definition) is 5. The van der Waals surface area contributed by atoms with Crippen LogP contribution in [-0.4, -0.2) is 92.9 Å². The van der Waals surface area contributed by atoms with Gasteiger partial charge in [0.15, 0.2) is 0 Å². The first-order chi connectivity index (χ1) is 16.0. The molecule has 1 saturated heterocycles. The lowest BCUT2D eigenvalue weighted by Gasteiger charge is -2.43. The topological polar surface area (TPSA) is 117 Å². The minimum absolute atomic E-state index is 0.0197. The van der Waals surface area contributed by atoms with Crippen molar-refractivity contribution >= 4 is 11.7 Å². The highest BCUT2D eigenvalue weighted by molar-refractivity contribution is 5.89. The summed E-state index contributed by atoms with van der Waals surface area (Å²) in [5.74, 6) is 0. The van der Waals surface area contributed by atoms with Crippen molar-refractivity contribution in [1.82, 2.24) is 9.80 Å². The number of amides is 2. The molecular weight excluding hydrogens is 422 g/mol. The van der Waals surface area contributed by atoms with Crippen LogP contribution < -0.4 is 5.32 Å². The van der Waals surface area contributed by atoms with Gasteiger partial charge in [0, 0.05) is 24.8 Å². The fourth-order valence-corrected chi connectivity index (χ4v) is 5.15. The fourth-order valence-electron chi connectivity index (χ4n) is 5.15. The molecule has 0 spiro atoms. The molecule has 2 fully saturated rings. The number of likely N-dealkylation sites (tertiary alicyclic amines) is 1. The van der Waals surface area contributed by atoms with Crippen molar-refractivity contribution < 1.29 is 25.2 Å². The maximum atomic E-state index is 13.0. The Morgan fingerprint density at radius 2 is 1.67 bits per heavy atom. The number of hydrogen-bond acceptors (Lipinski definition) is 6. The van der Waals surface area contributed by atoms with Crippen LogP contribution in [0.5, 0.6) is 0 Å². The molecule has 1 aliphatic carbocycles. The minimum atomic E-state index is -1.22. The van der Waals surface area contributed by atoms with Crippen LogP contribution in [-0.2, 0) is 0 Å². The van der Waals surface area contributed by atoms with E-state index in [4.69, 9.17) is 0 Å². The maximum Gasteiger partial charge on any atom is 0.322 e. The number of nitrogens with one attached hydrogen (secondary N) is 1. The third-order valence-corrected chi connectivity index (χ3v) is 7.11. The molecular formula is C25H41N3O5. The van der Waals surface area contributed by atoms with Gasteiger partial charge in [-0.1, -0.05) is 50.3 Å². The van der Waals surface area contributed by atoms with Crippen LogP contribution in [0.15, 0.2) is 30.3 Å². The number of urea groups is 1. The molecule has 2 aliphatic rings. The van der Waals surface area contributed by atoms with Gasteiger partial charge in [0.1, 0.15) is 12.2 Å².